The summed E-state index contributed by atoms with van der Waals surface area (Å²) < 4.78 is 0. The molecule has 0 saturated heterocycles. The van der Waals surface area contributed by atoms with Crippen LogP contribution in [0, 0.1) is 10.1 Å². The molecule has 19 heavy (non-hydrogen) atoms. The average molecular weight is 263 g/mol. The van der Waals surface area contributed by atoms with E-state index < -0.39 is 4.92 Å². The number of carbonyl (C=O) groups is 1. The molecule has 0 spiro atoms. The smallest absolute Gasteiger partial charge is 0.282 e. The first-order valence-corrected chi connectivity index (χ1v) is 6.32. The number of carbonyl (C=O) groups excluding carboxylic acids is 1. The van der Waals surface area contributed by atoms with Crippen molar-refractivity contribution < 1.29 is 9.72 Å². The number of nitrogens with zero attached hydrogens (tertiary/aromatic N) is 2. The van der Waals surface area contributed by atoms with Gasteiger partial charge in [0.25, 0.3) is 11.6 Å². The SMILES string of the molecule is CN(C(=O)c1cc(N)ccc1[N+](=O)[O-])C1CCCC1. The van der Waals surface area contributed by atoms with Crippen LogP contribution in [0.25, 0.3) is 0 Å². The van der Waals surface area contributed by atoms with E-state index in [1.54, 1.807) is 11.9 Å². The van der Waals surface area contributed by atoms with Crippen LogP contribution in [0.2, 0.25) is 0 Å². The molecule has 6 heteroatoms. The Kier molecular flexibility index (Phi) is 3.69. The van der Waals surface area contributed by atoms with Crippen molar-refractivity contribution in [2.75, 3.05) is 12.8 Å². The van der Waals surface area contributed by atoms with Gasteiger partial charge < -0.3 is 10.6 Å². The molecule has 0 unspecified atom stereocenters. The van der Waals surface area contributed by atoms with Gasteiger partial charge in [0, 0.05) is 24.8 Å². The van der Waals surface area contributed by atoms with Gasteiger partial charge in [-0.1, -0.05) is 12.8 Å². The van der Waals surface area contributed by atoms with Crippen LogP contribution in [0.5, 0.6) is 0 Å². The van der Waals surface area contributed by atoms with Crippen LogP contribution in [0.4, 0.5) is 11.4 Å². The summed E-state index contributed by atoms with van der Waals surface area (Å²) >= 11 is 0. The van der Waals surface area contributed by atoms with Crippen LogP contribution >= 0.6 is 0 Å². The highest BCUT2D eigenvalue weighted by Crippen LogP contribution is 2.27. The summed E-state index contributed by atoms with van der Waals surface area (Å²) in [4.78, 5) is 24.4. The Hall–Kier alpha value is -2.11. The molecule has 1 aliphatic carbocycles. The van der Waals surface area contributed by atoms with Gasteiger partial charge in [-0.2, -0.15) is 0 Å². The number of nitro groups is 1. The minimum atomic E-state index is -0.546. The van der Waals surface area contributed by atoms with E-state index in [0.717, 1.165) is 25.7 Å². The van der Waals surface area contributed by atoms with Gasteiger partial charge in [0.1, 0.15) is 5.56 Å². The van der Waals surface area contributed by atoms with Gasteiger partial charge in [0.15, 0.2) is 0 Å². The van der Waals surface area contributed by atoms with Crippen molar-refractivity contribution in [1.29, 1.82) is 0 Å². The maximum absolute atomic E-state index is 12.4. The van der Waals surface area contributed by atoms with Gasteiger partial charge >= 0.3 is 0 Å². The van der Waals surface area contributed by atoms with Crippen molar-refractivity contribution in [1.82, 2.24) is 4.90 Å². The normalized spacial score (nSPS) is 15.4. The predicted molar refractivity (Wildman–Crippen MR) is 71.9 cm³/mol. The highest BCUT2D eigenvalue weighted by molar-refractivity contribution is 5.99. The first-order valence-electron chi connectivity index (χ1n) is 6.32. The standard InChI is InChI=1S/C13H17N3O3/c1-15(10-4-2-3-5-10)13(17)11-8-9(14)6-7-12(11)16(18)19/h6-8,10H,2-5,14H2,1H3. The molecule has 1 amide bonds. The average Bonchev–Trinajstić information content (AvgIpc) is 2.90. The van der Waals surface area contributed by atoms with Gasteiger partial charge in [-0.15, -0.1) is 0 Å². The molecule has 2 N–H and O–H groups in total. The summed E-state index contributed by atoms with van der Waals surface area (Å²) in [5.74, 6) is -0.328. The van der Waals surface area contributed by atoms with Crippen molar-refractivity contribution in [3.63, 3.8) is 0 Å². The lowest BCUT2D eigenvalue weighted by atomic mass is 10.1. The molecule has 0 aromatic heterocycles. The lowest BCUT2D eigenvalue weighted by molar-refractivity contribution is -0.385. The molecular formula is C13H17N3O3. The summed E-state index contributed by atoms with van der Waals surface area (Å²) in [6.07, 6.45) is 4.11. The number of benzene rings is 1. The van der Waals surface area contributed by atoms with Crippen LogP contribution < -0.4 is 5.73 Å². The minimum absolute atomic E-state index is 0.0689. The number of nitrogens with two attached hydrogens (primary N) is 1. The highest BCUT2D eigenvalue weighted by Gasteiger charge is 2.28. The second kappa shape index (κ2) is 5.26. The summed E-state index contributed by atoms with van der Waals surface area (Å²) in [5.41, 5.74) is 5.86. The molecule has 102 valence electrons. The van der Waals surface area contributed by atoms with Gasteiger partial charge in [-0.05, 0) is 25.0 Å². The largest absolute Gasteiger partial charge is 0.399 e. The molecule has 0 atom stereocenters. The molecular weight excluding hydrogens is 246 g/mol. The van der Waals surface area contributed by atoms with Gasteiger partial charge in [-0.25, -0.2) is 0 Å². The number of nitrogen functional groups attached to an aromatic ring is 1. The van der Waals surface area contributed by atoms with Crippen LogP contribution in [-0.4, -0.2) is 28.8 Å². The summed E-state index contributed by atoms with van der Waals surface area (Å²) in [6, 6.07) is 4.27. The minimum Gasteiger partial charge on any atom is -0.399 e. The van der Waals surface area contributed by atoms with Crippen molar-refractivity contribution in [2.24, 2.45) is 0 Å². The summed E-state index contributed by atoms with van der Waals surface area (Å²) in [7, 11) is 1.70. The molecule has 6 nitrogen and oxygen atoms in total. The van der Waals surface area contributed by atoms with E-state index in [4.69, 9.17) is 5.73 Å². The molecule has 0 bridgehead atoms. The third-order valence-corrected chi connectivity index (χ3v) is 3.64. The monoisotopic (exact) mass is 263 g/mol. The number of nitro benzene ring substituents is 1. The van der Waals surface area contributed by atoms with E-state index in [9.17, 15) is 14.9 Å². The topological polar surface area (TPSA) is 89.5 Å². The molecule has 1 aromatic carbocycles. The summed E-state index contributed by atoms with van der Waals surface area (Å²) in [6.45, 7) is 0. The molecule has 0 heterocycles. The zero-order valence-corrected chi connectivity index (χ0v) is 10.8. The number of anilines is 1. The first kappa shape index (κ1) is 13.3. The van der Waals surface area contributed by atoms with Gasteiger partial charge in [-0.3, -0.25) is 14.9 Å². The maximum Gasteiger partial charge on any atom is 0.282 e. The van der Waals surface area contributed by atoms with Crippen molar-refractivity contribution in [3.05, 3.63) is 33.9 Å². The van der Waals surface area contributed by atoms with Crippen molar-refractivity contribution >= 4 is 17.3 Å². The Morgan fingerprint density at radius 1 is 1.42 bits per heavy atom. The lowest BCUT2D eigenvalue weighted by Gasteiger charge is -2.24. The Labute approximate surface area is 111 Å². The third-order valence-electron chi connectivity index (χ3n) is 3.64. The third kappa shape index (κ3) is 2.67. The second-order valence-electron chi connectivity index (χ2n) is 4.89. The van der Waals surface area contributed by atoms with Crippen LogP contribution in [0.3, 0.4) is 0 Å². The van der Waals surface area contributed by atoms with E-state index in [1.165, 1.54) is 18.2 Å². The number of hydrogen-bond donors (Lipinski definition) is 1. The zero-order chi connectivity index (χ0) is 14.0. The summed E-state index contributed by atoms with van der Waals surface area (Å²) in [5, 5.41) is 11.0. The predicted octanol–water partition coefficient (Wildman–Crippen LogP) is 2.19. The van der Waals surface area contributed by atoms with Crippen molar-refractivity contribution in [3.8, 4) is 0 Å². The number of hydrogen-bond acceptors (Lipinski definition) is 4. The van der Waals surface area contributed by atoms with E-state index in [2.05, 4.69) is 0 Å². The lowest BCUT2D eigenvalue weighted by Crippen LogP contribution is -2.35. The van der Waals surface area contributed by atoms with E-state index in [-0.39, 0.29) is 23.2 Å². The Morgan fingerprint density at radius 3 is 2.63 bits per heavy atom. The van der Waals surface area contributed by atoms with E-state index in [1.807, 2.05) is 0 Å². The van der Waals surface area contributed by atoms with Gasteiger partial charge in [0.2, 0.25) is 0 Å². The molecule has 0 radical (unpaired) electrons. The molecule has 1 aliphatic rings. The van der Waals surface area contributed by atoms with E-state index >= 15 is 0 Å². The fourth-order valence-corrected chi connectivity index (χ4v) is 2.53. The van der Waals surface area contributed by atoms with Crippen LogP contribution in [0.1, 0.15) is 36.0 Å². The maximum atomic E-state index is 12.4. The highest BCUT2D eigenvalue weighted by atomic mass is 16.6. The molecule has 1 aromatic rings. The van der Waals surface area contributed by atoms with Crippen molar-refractivity contribution in [2.45, 2.75) is 31.7 Å². The van der Waals surface area contributed by atoms with Crippen LogP contribution in [-0.2, 0) is 0 Å². The fraction of sp³-hybridized carbons (Fsp3) is 0.462. The molecule has 2 rings (SSSR count). The first-order chi connectivity index (χ1) is 9.00. The van der Waals surface area contributed by atoms with Gasteiger partial charge in [0.05, 0.1) is 4.92 Å². The van der Waals surface area contributed by atoms with E-state index in [0.29, 0.717) is 5.69 Å². The Balaban J connectivity index is 2.31. The Bertz CT molecular complexity index is 510. The fourth-order valence-electron chi connectivity index (χ4n) is 2.53. The van der Waals surface area contributed by atoms with Crippen LogP contribution in [0.15, 0.2) is 18.2 Å². The quantitative estimate of drug-likeness (QED) is 0.514. The Morgan fingerprint density at radius 2 is 2.05 bits per heavy atom. The number of amides is 1. The molecule has 0 aliphatic heterocycles. The number of rotatable bonds is 3. The molecule has 1 fully saturated rings. The molecule has 1 saturated carbocycles. The second-order valence-corrected chi connectivity index (χ2v) is 4.89. The zero-order valence-electron chi connectivity index (χ0n) is 10.8.